The Hall–Kier alpha value is -1.68. The van der Waals surface area contributed by atoms with Crippen molar-refractivity contribution in [3.05, 3.63) is 29.8 Å². The third-order valence-electron chi connectivity index (χ3n) is 3.03. The third-order valence-corrected chi connectivity index (χ3v) is 3.03. The maximum absolute atomic E-state index is 11.8. The van der Waals surface area contributed by atoms with E-state index in [-0.39, 0.29) is 11.8 Å². The predicted octanol–water partition coefficient (Wildman–Crippen LogP) is 1.84. The molecule has 0 unspecified atom stereocenters. The quantitative estimate of drug-likeness (QED) is 0.825. The van der Waals surface area contributed by atoms with Gasteiger partial charge in [0.2, 0.25) is 11.8 Å². The van der Waals surface area contributed by atoms with E-state index in [1.54, 1.807) is 0 Å². The van der Waals surface area contributed by atoms with Gasteiger partial charge < -0.3 is 5.32 Å². The van der Waals surface area contributed by atoms with Gasteiger partial charge in [-0.1, -0.05) is 19.1 Å². The number of anilines is 1. The van der Waals surface area contributed by atoms with Crippen molar-refractivity contribution in [3.8, 4) is 0 Å². The molecule has 18 heavy (non-hydrogen) atoms. The summed E-state index contributed by atoms with van der Waals surface area (Å²) in [5.41, 5.74) is 1.78. The smallest absolute Gasteiger partial charge is 0.233 e. The first-order valence-electron chi connectivity index (χ1n) is 6.38. The summed E-state index contributed by atoms with van der Waals surface area (Å²) >= 11 is 0. The van der Waals surface area contributed by atoms with Gasteiger partial charge in [0.1, 0.15) is 0 Å². The molecule has 1 aliphatic rings. The third kappa shape index (κ3) is 2.76. The number of amides is 2. The lowest BCUT2D eigenvalue weighted by molar-refractivity contribution is -0.129. The lowest BCUT2D eigenvalue weighted by Crippen LogP contribution is -2.40. The molecule has 4 nitrogen and oxygen atoms in total. The van der Waals surface area contributed by atoms with Crippen LogP contribution in [0.2, 0.25) is 0 Å². The number of benzene rings is 1. The number of hydrogen-bond donors (Lipinski definition) is 1. The Bertz CT molecular complexity index is 441. The van der Waals surface area contributed by atoms with Gasteiger partial charge in [0.25, 0.3) is 0 Å². The van der Waals surface area contributed by atoms with Crippen molar-refractivity contribution >= 4 is 17.5 Å². The highest BCUT2D eigenvalue weighted by Crippen LogP contribution is 2.22. The summed E-state index contributed by atoms with van der Waals surface area (Å²) in [7, 11) is 0. The molecule has 1 N–H and O–H groups in total. The summed E-state index contributed by atoms with van der Waals surface area (Å²) in [6, 6.07) is 7.60. The lowest BCUT2D eigenvalue weighted by Gasteiger charge is -2.25. The molecule has 96 valence electrons. The number of hydrogen-bond acceptors (Lipinski definition) is 3. The van der Waals surface area contributed by atoms with Crippen LogP contribution in [0.25, 0.3) is 0 Å². The van der Waals surface area contributed by atoms with Crippen LogP contribution in [0.5, 0.6) is 0 Å². The van der Waals surface area contributed by atoms with E-state index in [2.05, 4.69) is 5.32 Å². The molecule has 1 aromatic carbocycles. The summed E-state index contributed by atoms with van der Waals surface area (Å²) in [5.74, 6) is -0.182. The summed E-state index contributed by atoms with van der Waals surface area (Å²) in [6.45, 7) is 3.69. The van der Waals surface area contributed by atoms with E-state index in [0.717, 1.165) is 18.7 Å². The fourth-order valence-corrected chi connectivity index (χ4v) is 2.12. The molecule has 1 fully saturated rings. The Morgan fingerprint density at radius 1 is 1.22 bits per heavy atom. The van der Waals surface area contributed by atoms with Gasteiger partial charge >= 0.3 is 0 Å². The van der Waals surface area contributed by atoms with Gasteiger partial charge in [-0.05, 0) is 30.7 Å². The summed E-state index contributed by atoms with van der Waals surface area (Å²) in [4.78, 5) is 25.0. The summed E-state index contributed by atoms with van der Waals surface area (Å²) in [5, 5.41) is 3.23. The van der Waals surface area contributed by atoms with Gasteiger partial charge in [-0.25, -0.2) is 0 Å². The molecular weight excluding hydrogens is 228 g/mol. The van der Waals surface area contributed by atoms with Crippen LogP contribution >= 0.6 is 0 Å². The zero-order valence-electron chi connectivity index (χ0n) is 10.6. The highest BCUT2D eigenvalue weighted by atomic mass is 16.2. The number of carbonyl (C=O) groups is 2. The molecule has 0 saturated carbocycles. The van der Waals surface area contributed by atoms with Crippen LogP contribution in [0.4, 0.5) is 5.69 Å². The molecule has 1 aromatic rings. The Labute approximate surface area is 107 Å². The molecule has 0 atom stereocenters. The van der Waals surface area contributed by atoms with E-state index < -0.39 is 0 Å². The zero-order chi connectivity index (χ0) is 13.0. The average molecular weight is 246 g/mol. The molecule has 1 heterocycles. The molecule has 0 bridgehead atoms. The highest BCUT2D eigenvalue weighted by molar-refractivity contribution is 6.16. The van der Waals surface area contributed by atoms with Crippen LogP contribution in [0, 0.1) is 0 Å². The van der Waals surface area contributed by atoms with E-state index in [0.29, 0.717) is 24.9 Å². The monoisotopic (exact) mass is 246 g/mol. The van der Waals surface area contributed by atoms with E-state index in [4.69, 9.17) is 0 Å². The van der Waals surface area contributed by atoms with Crippen LogP contribution in [0.1, 0.15) is 31.7 Å². The van der Waals surface area contributed by atoms with Gasteiger partial charge in [0.05, 0.1) is 5.69 Å². The minimum atomic E-state index is -0.0909. The first kappa shape index (κ1) is 12.8. The number of nitrogens with zero attached hydrogens (tertiary/aromatic N) is 1. The topological polar surface area (TPSA) is 49.4 Å². The molecule has 4 heteroatoms. The number of carbonyl (C=O) groups excluding carboxylic acids is 2. The van der Waals surface area contributed by atoms with Gasteiger partial charge in [-0.15, -0.1) is 0 Å². The number of nitrogens with one attached hydrogen (secondary N) is 1. The number of piperidine rings is 1. The summed E-state index contributed by atoms with van der Waals surface area (Å²) in [6.07, 6.45) is 1.59. The molecule has 1 saturated heterocycles. The van der Waals surface area contributed by atoms with Crippen molar-refractivity contribution < 1.29 is 9.59 Å². The molecule has 1 aliphatic heterocycles. The van der Waals surface area contributed by atoms with Crippen molar-refractivity contribution in [1.82, 2.24) is 5.32 Å². The van der Waals surface area contributed by atoms with Crippen molar-refractivity contribution in [2.24, 2.45) is 0 Å². The second kappa shape index (κ2) is 5.78. The number of rotatable bonds is 4. The van der Waals surface area contributed by atoms with Crippen molar-refractivity contribution in [2.45, 2.75) is 32.7 Å². The number of imide groups is 1. The van der Waals surface area contributed by atoms with Crippen molar-refractivity contribution in [2.75, 3.05) is 11.4 Å². The van der Waals surface area contributed by atoms with Crippen LogP contribution in [0.3, 0.4) is 0 Å². The maximum Gasteiger partial charge on any atom is 0.233 e. The minimum Gasteiger partial charge on any atom is -0.313 e. The molecule has 2 amide bonds. The zero-order valence-corrected chi connectivity index (χ0v) is 10.6. The van der Waals surface area contributed by atoms with E-state index >= 15 is 0 Å². The fourth-order valence-electron chi connectivity index (χ4n) is 2.12. The molecule has 2 rings (SSSR count). The van der Waals surface area contributed by atoms with Gasteiger partial charge in [0, 0.05) is 19.4 Å². The van der Waals surface area contributed by atoms with Crippen LogP contribution in [-0.4, -0.2) is 18.4 Å². The highest BCUT2D eigenvalue weighted by Gasteiger charge is 2.27. The van der Waals surface area contributed by atoms with Crippen LogP contribution in [-0.2, 0) is 16.1 Å². The van der Waals surface area contributed by atoms with E-state index in [1.165, 1.54) is 4.90 Å². The van der Waals surface area contributed by atoms with Crippen LogP contribution in [0.15, 0.2) is 24.3 Å². The molecule has 0 spiro atoms. The lowest BCUT2D eigenvalue weighted by atomic mass is 10.1. The average Bonchev–Trinajstić information content (AvgIpc) is 2.37. The maximum atomic E-state index is 11.8. The van der Waals surface area contributed by atoms with Gasteiger partial charge in [0.15, 0.2) is 0 Å². The first-order chi connectivity index (χ1) is 8.72. The second-order valence-corrected chi connectivity index (χ2v) is 4.43. The van der Waals surface area contributed by atoms with E-state index in [1.807, 2.05) is 31.2 Å². The van der Waals surface area contributed by atoms with Crippen LogP contribution < -0.4 is 10.2 Å². The molecule has 0 aromatic heterocycles. The first-order valence-corrected chi connectivity index (χ1v) is 6.38. The van der Waals surface area contributed by atoms with E-state index in [9.17, 15) is 9.59 Å². The molecular formula is C14H18N2O2. The molecule has 0 radical (unpaired) electrons. The largest absolute Gasteiger partial charge is 0.313 e. The molecule has 0 aliphatic carbocycles. The standard InChI is InChI=1S/C14H18N2O2/c1-2-15-10-11-5-3-6-12(9-11)16-13(17)7-4-8-14(16)18/h3,5-6,9,15H,2,4,7-8,10H2,1H3. The minimum absolute atomic E-state index is 0.0909. The Balaban J connectivity index is 2.21. The summed E-state index contributed by atoms with van der Waals surface area (Å²) < 4.78 is 0. The van der Waals surface area contributed by atoms with Gasteiger partial charge in [-0.2, -0.15) is 0 Å². The van der Waals surface area contributed by atoms with Gasteiger partial charge in [-0.3, -0.25) is 14.5 Å². The Morgan fingerprint density at radius 3 is 2.61 bits per heavy atom. The second-order valence-electron chi connectivity index (χ2n) is 4.43. The SMILES string of the molecule is CCNCc1cccc(N2C(=O)CCCC2=O)c1. The van der Waals surface area contributed by atoms with Crippen molar-refractivity contribution in [3.63, 3.8) is 0 Å². The Morgan fingerprint density at radius 2 is 1.94 bits per heavy atom. The van der Waals surface area contributed by atoms with Crippen molar-refractivity contribution in [1.29, 1.82) is 0 Å². The fraction of sp³-hybridized carbons (Fsp3) is 0.429. The normalized spacial score (nSPS) is 16.2. The predicted molar refractivity (Wildman–Crippen MR) is 70.2 cm³/mol. The Kier molecular flexibility index (Phi) is 4.10.